The fraction of sp³-hybridized carbons (Fsp3) is 1.00. The minimum absolute atomic E-state index is 1.34. The maximum atomic E-state index is 2.23. The molecule has 0 unspecified atom stereocenters. The maximum absolute atomic E-state index is 2.23. The van der Waals surface area contributed by atoms with E-state index in [4.69, 9.17) is 0 Å². The van der Waals surface area contributed by atoms with Crippen LogP contribution in [0.4, 0.5) is 0 Å². The van der Waals surface area contributed by atoms with Crippen molar-refractivity contribution in [1.29, 1.82) is 0 Å². The first-order chi connectivity index (χ1) is 5.33. The van der Waals surface area contributed by atoms with Gasteiger partial charge in [0.05, 0.1) is 0 Å². The largest absolute Gasteiger partial charge is 0.0654 e. The van der Waals surface area contributed by atoms with Crippen LogP contribution >= 0.6 is 0 Å². The van der Waals surface area contributed by atoms with Gasteiger partial charge in [-0.05, 0) is 0 Å². The van der Waals surface area contributed by atoms with Gasteiger partial charge in [-0.2, -0.15) is 0 Å². The van der Waals surface area contributed by atoms with Crippen LogP contribution in [0.2, 0.25) is 0 Å². The molecule has 0 nitrogen and oxygen atoms in total. The summed E-state index contributed by atoms with van der Waals surface area (Å²) in [6.07, 6.45) is 9.61. The van der Waals surface area contributed by atoms with Crippen LogP contribution in [0.1, 0.15) is 72.6 Å². The van der Waals surface area contributed by atoms with Gasteiger partial charge in [-0.15, -0.1) is 0 Å². The van der Waals surface area contributed by atoms with Gasteiger partial charge < -0.3 is 0 Å². The van der Waals surface area contributed by atoms with Gasteiger partial charge in [-0.1, -0.05) is 72.6 Å². The maximum Gasteiger partial charge on any atom is -0.0536 e. The summed E-state index contributed by atoms with van der Waals surface area (Å²) >= 11 is 0. The lowest BCUT2D eigenvalue weighted by Crippen LogP contribution is -1.66. The summed E-state index contributed by atoms with van der Waals surface area (Å²) in [7, 11) is 0. The Morgan fingerprint density at radius 3 is 0.818 bits per heavy atom. The minimum Gasteiger partial charge on any atom is -0.0654 e. The first kappa shape index (κ1) is 13.6. The van der Waals surface area contributed by atoms with E-state index in [9.17, 15) is 0 Å². The standard InChI is InChI=1S/C6H14.C5H12/c1-3-5-6-4-2;1-3-5-4-2/h3-6H2,1-2H3;3-5H2,1-2H3. The van der Waals surface area contributed by atoms with E-state index in [1.54, 1.807) is 0 Å². The third-order valence-electron chi connectivity index (χ3n) is 1.66. The van der Waals surface area contributed by atoms with Crippen molar-refractivity contribution in [2.24, 2.45) is 0 Å². The molecule has 0 spiro atoms. The molecule has 0 N–H and O–H groups in total. The predicted octanol–water partition coefficient (Wildman–Crippen LogP) is 4.78. The monoisotopic (exact) mass is 158 g/mol. The van der Waals surface area contributed by atoms with E-state index in [1.807, 2.05) is 0 Å². The topological polar surface area (TPSA) is 0 Å². The van der Waals surface area contributed by atoms with E-state index < -0.39 is 0 Å². The predicted molar refractivity (Wildman–Crippen MR) is 55.0 cm³/mol. The molecule has 0 aromatic heterocycles. The lowest BCUT2D eigenvalue weighted by Gasteiger charge is -1.86. The molecule has 0 aromatic carbocycles. The Morgan fingerprint density at radius 2 is 0.727 bits per heavy atom. The molecule has 70 valence electrons. The number of hydrogen-bond donors (Lipinski definition) is 0. The van der Waals surface area contributed by atoms with E-state index in [0.717, 1.165) is 0 Å². The Morgan fingerprint density at radius 1 is 0.455 bits per heavy atom. The van der Waals surface area contributed by atoms with Crippen LogP contribution in [0.15, 0.2) is 0 Å². The lowest BCUT2D eigenvalue weighted by atomic mass is 10.2. The molecule has 0 radical (unpaired) electrons. The van der Waals surface area contributed by atoms with Crippen molar-refractivity contribution < 1.29 is 0 Å². The van der Waals surface area contributed by atoms with E-state index >= 15 is 0 Å². The van der Waals surface area contributed by atoms with E-state index in [0.29, 0.717) is 0 Å². The van der Waals surface area contributed by atoms with Crippen molar-refractivity contribution in [2.75, 3.05) is 0 Å². The molecule has 0 saturated carbocycles. The summed E-state index contributed by atoms with van der Waals surface area (Å²) in [6.45, 7) is 8.89. The SMILES string of the molecule is CCCCC.CCCCCC. The van der Waals surface area contributed by atoms with E-state index in [-0.39, 0.29) is 0 Å². The molecule has 0 heterocycles. The normalized spacial score (nSPS) is 8.73. The van der Waals surface area contributed by atoms with Crippen LogP contribution in [-0.4, -0.2) is 0 Å². The molecule has 0 saturated heterocycles. The molecule has 0 atom stereocenters. The zero-order valence-electron chi connectivity index (χ0n) is 8.95. The zero-order valence-corrected chi connectivity index (χ0v) is 8.95. The average Bonchev–Trinajstić information content (AvgIpc) is 2.04. The van der Waals surface area contributed by atoms with Crippen LogP contribution < -0.4 is 0 Å². The molecule has 0 fully saturated rings. The Bertz CT molecular complexity index is 33.3. The zero-order chi connectivity index (χ0) is 8.95. The average molecular weight is 158 g/mol. The summed E-state index contributed by atoms with van der Waals surface area (Å²) < 4.78 is 0. The third kappa shape index (κ3) is 25.6. The molecule has 0 aliphatic rings. The van der Waals surface area contributed by atoms with Gasteiger partial charge in [0.2, 0.25) is 0 Å². The van der Waals surface area contributed by atoms with Crippen molar-refractivity contribution in [3.05, 3.63) is 0 Å². The molecule has 0 bridgehead atoms. The van der Waals surface area contributed by atoms with Gasteiger partial charge in [0.15, 0.2) is 0 Å². The summed E-state index contributed by atoms with van der Waals surface area (Å²) in [5.74, 6) is 0. The van der Waals surface area contributed by atoms with Gasteiger partial charge in [0.1, 0.15) is 0 Å². The van der Waals surface area contributed by atoms with Crippen molar-refractivity contribution in [3.63, 3.8) is 0 Å². The van der Waals surface area contributed by atoms with E-state index in [1.165, 1.54) is 44.9 Å². The second-order valence-corrected chi connectivity index (χ2v) is 3.06. The molecule has 0 aromatic rings. The fourth-order valence-corrected chi connectivity index (χ4v) is 0.854. The first-order valence-electron chi connectivity index (χ1n) is 5.33. The highest BCUT2D eigenvalue weighted by atomic mass is 13.8. The highest BCUT2D eigenvalue weighted by Gasteiger charge is 1.75. The quantitative estimate of drug-likeness (QED) is 0.505. The van der Waals surface area contributed by atoms with Crippen LogP contribution in [0, 0.1) is 0 Å². The molecular weight excluding hydrogens is 132 g/mol. The Hall–Kier alpha value is 0. The van der Waals surface area contributed by atoms with Gasteiger partial charge in [0, 0.05) is 0 Å². The molecule has 11 heavy (non-hydrogen) atoms. The van der Waals surface area contributed by atoms with Gasteiger partial charge in [-0.25, -0.2) is 0 Å². The van der Waals surface area contributed by atoms with Crippen molar-refractivity contribution in [1.82, 2.24) is 0 Å². The first-order valence-corrected chi connectivity index (χ1v) is 5.33. The Kier molecular flexibility index (Phi) is 20.4. The van der Waals surface area contributed by atoms with Crippen LogP contribution in [0.5, 0.6) is 0 Å². The molecule has 0 rings (SSSR count). The Labute approximate surface area is 73.4 Å². The third-order valence-corrected chi connectivity index (χ3v) is 1.66. The second kappa shape index (κ2) is 16.5. The van der Waals surface area contributed by atoms with Crippen LogP contribution in [0.3, 0.4) is 0 Å². The Balaban J connectivity index is 0. The molecular formula is C11H26. The van der Waals surface area contributed by atoms with Gasteiger partial charge in [0.25, 0.3) is 0 Å². The highest BCUT2D eigenvalue weighted by molar-refractivity contribution is 4.31. The van der Waals surface area contributed by atoms with Crippen LogP contribution in [0.25, 0.3) is 0 Å². The number of hydrogen-bond acceptors (Lipinski definition) is 0. The van der Waals surface area contributed by atoms with Crippen molar-refractivity contribution in [2.45, 2.75) is 72.6 Å². The smallest absolute Gasteiger partial charge is 0.0536 e. The van der Waals surface area contributed by atoms with Crippen LogP contribution in [-0.2, 0) is 0 Å². The lowest BCUT2D eigenvalue weighted by molar-refractivity contribution is 0.702. The number of rotatable bonds is 5. The highest BCUT2D eigenvalue weighted by Crippen LogP contribution is 1.95. The van der Waals surface area contributed by atoms with Crippen molar-refractivity contribution in [3.8, 4) is 0 Å². The summed E-state index contributed by atoms with van der Waals surface area (Å²) in [5, 5.41) is 0. The fourth-order valence-electron chi connectivity index (χ4n) is 0.854. The summed E-state index contributed by atoms with van der Waals surface area (Å²) in [5.41, 5.74) is 0. The molecule has 0 aliphatic heterocycles. The summed E-state index contributed by atoms with van der Waals surface area (Å²) in [4.78, 5) is 0. The van der Waals surface area contributed by atoms with Gasteiger partial charge in [-0.3, -0.25) is 0 Å². The van der Waals surface area contributed by atoms with Gasteiger partial charge >= 0.3 is 0 Å². The molecule has 0 amide bonds. The second-order valence-electron chi connectivity index (χ2n) is 3.06. The van der Waals surface area contributed by atoms with E-state index in [2.05, 4.69) is 27.7 Å². The minimum atomic E-state index is 1.34. The number of unbranched alkanes of at least 4 members (excludes halogenated alkanes) is 5. The molecule has 0 aliphatic carbocycles. The summed E-state index contributed by atoms with van der Waals surface area (Å²) in [6, 6.07) is 0. The van der Waals surface area contributed by atoms with Crippen molar-refractivity contribution >= 4 is 0 Å². The molecule has 0 heteroatoms.